The standard InChI is InChI=1S/C20H19ClN4O2/c21-16-7-5-15(6-8-16)13-22-25-19(14-24-9-11-27-12-10-24)23-18-4-2-1-3-17(18)20(25)26/h1-8,13H,9-12,14H2. The first-order chi connectivity index (χ1) is 13.2. The molecule has 138 valence electrons. The molecule has 0 bridgehead atoms. The third-order valence-electron chi connectivity index (χ3n) is 4.48. The minimum absolute atomic E-state index is 0.172. The lowest BCUT2D eigenvalue weighted by Gasteiger charge is -2.26. The van der Waals surface area contributed by atoms with E-state index in [1.165, 1.54) is 4.68 Å². The van der Waals surface area contributed by atoms with Gasteiger partial charge in [0.15, 0.2) is 0 Å². The lowest BCUT2D eigenvalue weighted by atomic mass is 10.2. The zero-order chi connectivity index (χ0) is 18.6. The lowest BCUT2D eigenvalue weighted by molar-refractivity contribution is 0.0325. The summed E-state index contributed by atoms with van der Waals surface area (Å²) in [5.41, 5.74) is 1.37. The van der Waals surface area contributed by atoms with E-state index in [1.807, 2.05) is 30.3 Å². The van der Waals surface area contributed by atoms with E-state index in [1.54, 1.807) is 24.4 Å². The average molecular weight is 383 g/mol. The van der Waals surface area contributed by atoms with Gasteiger partial charge in [0.25, 0.3) is 5.56 Å². The Kier molecular flexibility index (Phi) is 5.29. The largest absolute Gasteiger partial charge is 0.379 e. The molecule has 0 unspecified atom stereocenters. The molecule has 1 aromatic heterocycles. The third-order valence-corrected chi connectivity index (χ3v) is 4.73. The van der Waals surface area contributed by atoms with Crippen molar-refractivity contribution in [2.45, 2.75) is 6.54 Å². The number of nitrogens with zero attached hydrogens (tertiary/aromatic N) is 4. The molecule has 7 heteroatoms. The zero-order valence-corrected chi connectivity index (χ0v) is 15.5. The summed E-state index contributed by atoms with van der Waals surface area (Å²) < 4.78 is 6.80. The maximum absolute atomic E-state index is 13.0. The Bertz CT molecular complexity index is 1020. The van der Waals surface area contributed by atoms with Gasteiger partial charge in [-0.2, -0.15) is 9.78 Å². The number of aromatic nitrogens is 2. The van der Waals surface area contributed by atoms with Crippen LogP contribution in [0.4, 0.5) is 0 Å². The van der Waals surface area contributed by atoms with Crippen LogP contribution in [0.2, 0.25) is 5.02 Å². The minimum atomic E-state index is -0.172. The van der Waals surface area contributed by atoms with Crippen molar-refractivity contribution in [3.8, 4) is 0 Å². The predicted octanol–water partition coefficient (Wildman–Crippen LogP) is 2.76. The van der Waals surface area contributed by atoms with Gasteiger partial charge in [-0.05, 0) is 29.8 Å². The average Bonchev–Trinajstić information content (AvgIpc) is 2.70. The van der Waals surface area contributed by atoms with Gasteiger partial charge < -0.3 is 4.74 Å². The number of para-hydroxylation sites is 1. The van der Waals surface area contributed by atoms with Crippen molar-refractivity contribution in [1.29, 1.82) is 0 Å². The lowest BCUT2D eigenvalue weighted by Crippen LogP contribution is -2.37. The summed E-state index contributed by atoms with van der Waals surface area (Å²) in [5, 5.41) is 5.65. The molecule has 0 radical (unpaired) electrons. The maximum atomic E-state index is 13.0. The van der Waals surface area contributed by atoms with Crippen LogP contribution in [0.1, 0.15) is 11.4 Å². The molecule has 3 aromatic rings. The first-order valence-corrected chi connectivity index (χ1v) is 9.19. The SMILES string of the molecule is O=c1c2ccccc2nc(CN2CCOCC2)n1N=Cc1ccc(Cl)cc1. The van der Waals surface area contributed by atoms with Crippen LogP contribution in [-0.4, -0.2) is 47.1 Å². The molecule has 2 aromatic carbocycles. The van der Waals surface area contributed by atoms with Gasteiger partial charge in [0.05, 0.1) is 36.9 Å². The molecule has 4 rings (SSSR count). The highest BCUT2D eigenvalue weighted by Crippen LogP contribution is 2.12. The van der Waals surface area contributed by atoms with E-state index in [4.69, 9.17) is 21.3 Å². The molecule has 0 atom stereocenters. The number of hydrogen-bond donors (Lipinski definition) is 0. The minimum Gasteiger partial charge on any atom is -0.379 e. The predicted molar refractivity (Wildman–Crippen MR) is 107 cm³/mol. The Hall–Kier alpha value is -2.54. The first-order valence-electron chi connectivity index (χ1n) is 8.81. The van der Waals surface area contributed by atoms with Crippen molar-refractivity contribution in [2.75, 3.05) is 26.3 Å². The number of rotatable bonds is 4. The third kappa shape index (κ3) is 4.08. The highest BCUT2D eigenvalue weighted by atomic mass is 35.5. The van der Waals surface area contributed by atoms with Gasteiger partial charge in [-0.25, -0.2) is 4.98 Å². The Morgan fingerprint density at radius 1 is 1.11 bits per heavy atom. The van der Waals surface area contributed by atoms with E-state index in [0.717, 1.165) is 18.7 Å². The van der Waals surface area contributed by atoms with Crippen molar-refractivity contribution >= 4 is 28.7 Å². The van der Waals surface area contributed by atoms with Crippen LogP contribution < -0.4 is 5.56 Å². The fourth-order valence-electron chi connectivity index (χ4n) is 3.02. The van der Waals surface area contributed by atoms with E-state index >= 15 is 0 Å². The second-order valence-corrected chi connectivity index (χ2v) is 6.78. The van der Waals surface area contributed by atoms with Crippen LogP contribution in [-0.2, 0) is 11.3 Å². The number of morpholine rings is 1. The van der Waals surface area contributed by atoms with Crippen molar-refractivity contribution in [3.05, 3.63) is 75.3 Å². The second kappa shape index (κ2) is 8.00. The van der Waals surface area contributed by atoms with Crippen LogP contribution in [0.5, 0.6) is 0 Å². The van der Waals surface area contributed by atoms with Gasteiger partial charge >= 0.3 is 0 Å². The molecule has 1 aliphatic heterocycles. The number of ether oxygens (including phenoxy) is 1. The molecule has 0 amide bonds. The maximum Gasteiger partial charge on any atom is 0.282 e. The Morgan fingerprint density at radius 2 is 1.85 bits per heavy atom. The van der Waals surface area contributed by atoms with Gasteiger partial charge in [0.2, 0.25) is 0 Å². The fraction of sp³-hybridized carbons (Fsp3) is 0.250. The molecule has 6 nitrogen and oxygen atoms in total. The molecule has 0 spiro atoms. The van der Waals surface area contributed by atoms with Gasteiger partial charge in [-0.15, -0.1) is 0 Å². The molecule has 1 fully saturated rings. The molecular weight excluding hydrogens is 364 g/mol. The smallest absolute Gasteiger partial charge is 0.282 e. The normalized spacial score (nSPS) is 15.6. The quantitative estimate of drug-likeness (QED) is 0.651. The zero-order valence-electron chi connectivity index (χ0n) is 14.7. The number of halogens is 1. The van der Waals surface area contributed by atoms with Crippen LogP contribution in [0.15, 0.2) is 58.4 Å². The van der Waals surface area contributed by atoms with E-state index in [9.17, 15) is 4.79 Å². The molecule has 1 aliphatic rings. The molecule has 0 saturated carbocycles. The molecule has 2 heterocycles. The highest BCUT2D eigenvalue weighted by Gasteiger charge is 2.16. The van der Waals surface area contributed by atoms with Gasteiger partial charge in [0, 0.05) is 18.1 Å². The first kappa shape index (κ1) is 17.9. The van der Waals surface area contributed by atoms with E-state index in [0.29, 0.717) is 41.5 Å². The van der Waals surface area contributed by atoms with Crippen molar-refractivity contribution in [3.63, 3.8) is 0 Å². The van der Waals surface area contributed by atoms with Gasteiger partial charge in [-0.3, -0.25) is 9.69 Å². The highest BCUT2D eigenvalue weighted by molar-refractivity contribution is 6.30. The Labute approximate surface area is 161 Å². The second-order valence-electron chi connectivity index (χ2n) is 6.35. The van der Waals surface area contributed by atoms with Crippen LogP contribution in [0.3, 0.4) is 0 Å². The molecule has 27 heavy (non-hydrogen) atoms. The molecule has 1 saturated heterocycles. The topological polar surface area (TPSA) is 59.7 Å². The number of fused-ring (bicyclic) bond motifs is 1. The Morgan fingerprint density at radius 3 is 2.63 bits per heavy atom. The van der Waals surface area contributed by atoms with Crippen molar-refractivity contribution in [2.24, 2.45) is 5.10 Å². The number of benzene rings is 2. The van der Waals surface area contributed by atoms with Crippen LogP contribution >= 0.6 is 11.6 Å². The summed E-state index contributed by atoms with van der Waals surface area (Å²) >= 11 is 5.93. The van der Waals surface area contributed by atoms with Crippen molar-refractivity contribution in [1.82, 2.24) is 14.6 Å². The summed E-state index contributed by atoms with van der Waals surface area (Å²) in [6.07, 6.45) is 1.65. The Balaban J connectivity index is 1.75. The fourth-order valence-corrected chi connectivity index (χ4v) is 3.15. The van der Waals surface area contributed by atoms with E-state index < -0.39 is 0 Å². The van der Waals surface area contributed by atoms with E-state index in [2.05, 4.69) is 10.0 Å². The summed E-state index contributed by atoms with van der Waals surface area (Å²) in [4.78, 5) is 19.9. The molecule has 0 N–H and O–H groups in total. The van der Waals surface area contributed by atoms with Gasteiger partial charge in [-0.1, -0.05) is 35.9 Å². The van der Waals surface area contributed by atoms with Crippen molar-refractivity contribution < 1.29 is 4.74 Å². The summed E-state index contributed by atoms with van der Waals surface area (Å²) in [6.45, 7) is 3.53. The number of hydrogen-bond acceptors (Lipinski definition) is 5. The van der Waals surface area contributed by atoms with Gasteiger partial charge in [0.1, 0.15) is 5.82 Å². The molecule has 0 aliphatic carbocycles. The van der Waals surface area contributed by atoms with Crippen LogP contribution in [0.25, 0.3) is 10.9 Å². The summed E-state index contributed by atoms with van der Waals surface area (Å²) in [5.74, 6) is 0.616. The van der Waals surface area contributed by atoms with Crippen LogP contribution in [0, 0.1) is 0 Å². The summed E-state index contributed by atoms with van der Waals surface area (Å²) in [6, 6.07) is 14.6. The monoisotopic (exact) mass is 382 g/mol. The molecular formula is C20H19ClN4O2. The summed E-state index contributed by atoms with van der Waals surface area (Å²) in [7, 11) is 0. The van der Waals surface area contributed by atoms with E-state index in [-0.39, 0.29) is 5.56 Å².